The van der Waals surface area contributed by atoms with Gasteiger partial charge in [-0.25, -0.2) is 0 Å². The lowest BCUT2D eigenvalue weighted by atomic mass is 10.1. The number of methoxy groups -OCH3 is 1. The molecule has 0 spiro atoms. The second-order valence-electron chi connectivity index (χ2n) is 5.08. The molecule has 2 rings (SSSR count). The van der Waals surface area contributed by atoms with Crippen LogP contribution in [0.25, 0.3) is 0 Å². The molecular weight excluding hydrogens is 232 g/mol. The van der Waals surface area contributed by atoms with Crippen LogP contribution in [0.2, 0.25) is 0 Å². The number of carbonyl (C=O) groups is 2. The Hall–Kier alpha value is -1.10. The van der Waals surface area contributed by atoms with Crippen LogP contribution in [-0.2, 0) is 14.3 Å². The summed E-state index contributed by atoms with van der Waals surface area (Å²) in [6.07, 6.45) is 4.24. The van der Waals surface area contributed by atoms with Crippen LogP contribution in [0.15, 0.2) is 0 Å². The summed E-state index contributed by atoms with van der Waals surface area (Å²) in [5.41, 5.74) is 0. The summed E-state index contributed by atoms with van der Waals surface area (Å²) in [5.74, 6) is 0.0296. The fourth-order valence-electron chi connectivity index (χ4n) is 3.00. The zero-order valence-corrected chi connectivity index (χ0v) is 11.1. The van der Waals surface area contributed by atoms with E-state index in [1.165, 1.54) is 0 Å². The van der Waals surface area contributed by atoms with Gasteiger partial charge in [0.1, 0.15) is 6.04 Å². The van der Waals surface area contributed by atoms with Gasteiger partial charge >= 0.3 is 0 Å². The molecule has 2 amide bonds. The van der Waals surface area contributed by atoms with E-state index in [0.29, 0.717) is 19.4 Å². The highest BCUT2D eigenvalue weighted by Gasteiger charge is 2.38. The largest absolute Gasteiger partial charge is 0.379 e. The smallest absolute Gasteiger partial charge is 0.245 e. The first-order valence-electron chi connectivity index (χ1n) is 6.80. The average Bonchev–Trinajstić information content (AvgIpc) is 2.78. The maximum atomic E-state index is 12.4. The average molecular weight is 254 g/mol. The number of ether oxygens (including phenoxy) is 1. The van der Waals surface area contributed by atoms with Crippen molar-refractivity contribution in [2.24, 2.45) is 0 Å². The molecule has 18 heavy (non-hydrogen) atoms. The van der Waals surface area contributed by atoms with Gasteiger partial charge in [0.2, 0.25) is 11.8 Å². The first-order valence-corrected chi connectivity index (χ1v) is 6.80. The number of hydrogen-bond acceptors (Lipinski definition) is 3. The number of nitrogens with zero attached hydrogens (tertiary/aromatic N) is 1. The Bertz CT molecular complexity index is 332. The van der Waals surface area contributed by atoms with Crippen LogP contribution < -0.4 is 5.32 Å². The molecule has 1 saturated carbocycles. The van der Waals surface area contributed by atoms with Crippen molar-refractivity contribution in [3.8, 4) is 0 Å². The first-order chi connectivity index (χ1) is 8.67. The lowest BCUT2D eigenvalue weighted by Gasteiger charge is -2.32. The normalized spacial score (nSPS) is 33.4. The Balaban J connectivity index is 2.14. The molecule has 1 saturated heterocycles. The van der Waals surface area contributed by atoms with E-state index in [4.69, 9.17) is 4.74 Å². The second kappa shape index (κ2) is 5.69. The van der Waals surface area contributed by atoms with Gasteiger partial charge in [0.25, 0.3) is 0 Å². The van der Waals surface area contributed by atoms with Gasteiger partial charge < -0.3 is 15.0 Å². The highest BCUT2D eigenvalue weighted by atomic mass is 16.5. The minimum atomic E-state index is -0.363. The molecule has 5 heteroatoms. The van der Waals surface area contributed by atoms with Crippen molar-refractivity contribution in [1.82, 2.24) is 10.2 Å². The molecule has 5 nitrogen and oxygen atoms in total. The fourth-order valence-corrected chi connectivity index (χ4v) is 3.00. The zero-order valence-electron chi connectivity index (χ0n) is 11.1. The van der Waals surface area contributed by atoms with Gasteiger partial charge in [0, 0.05) is 20.1 Å². The molecule has 1 aliphatic heterocycles. The minimum absolute atomic E-state index is 0.0235. The SMILES string of the molecule is CCC1NC(=O)CCN(C2CCCC2OC)C1=O. The number of rotatable bonds is 3. The third kappa shape index (κ3) is 2.51. The van der Waals surface area contributed by atoms with E-state index >= 15 is 0 Å². The van der Waals surface area contributed by atoms with Crippen LogP contribution in [0.5, 0.6) is 0 Å². The van der Waals surface area contributed by atoms with Crippen molar-refractivity contribution in [2.45, 2.75) is 57.2 Å². The van der Waals surface area contributed by atoms with E-state index in [2.05, 4.69) is 5.32 Å². The van der Waals surface area contributed by atoms with Gasteiger partial charge in [-0.05, 0) is 25.7 Å². The van der Waals surface area contributed by atoms with Gasteiger partial charge in [-0.3, -0.25) is 9.59 Å². The van der Waals surface area contributed by atoms with Crippen LogP contribution >= 0.6 is 0 Å². The van der Waals surface area contributed by atoms with Crippen molar-refractivity contribution in [2.75, 3.05) is 13.7 Å². The summed E-state index contributed by atoms with van der Waals surface area (Å²) in [4.78, 5) is 25.9. The van der Waals surface area contributed by atoms with E-state index in [9.17, 15) is 9.59 Å². The Morgan fingerprint density at radius 2 is 2.17 bits per heavy atom. The third-order valence-corrected chi connectivity index (χ3v) is 4.03. The standard InChI is InChI=1S/C13H22N2O3/c1-3-9-13(17)15(8-7-12(16)14-9)10-5-4-6-11(10)18-2/h9-11H,3-8H2,1-2H3,(H,14,16). The van der Waals surface area contributed by atoms with E-state index in [0.717, 1.165) is 19.3 Å². The van der Waals surface area contributed by atoms with Gasteiger partial charge in [0.15, 0.2) is 0 Å². The molecule has 2 fully saturated rings. The predicted molar refractivity (Wildman–Crippen MR) is 67.0 cm³/mol. The monoisotopic (exact) mass is 254 g/mol. The highest BCUT2D eigenvalue weighted by Crippen LogP contribution is 2.28. The minimum Gasteiger partial charge on any atom is -0.379 e. The Labute approximate surface area is 108 Å². The Kier molecular flexibility index (Phi) is 4.22. The number of hydrogen-bond donors (Lipinski definition) is 1. The molecule has 0 bridgehead atoms. The molecule has 1 heterocycles. The predicted octanol–water partition coefficient (Wildman–Crippen LogP) is 0.681. The maximum absolute atomic E-state index is 12.4. The zero-order chi connectivity index (χ0) is 13.1. The van der Waals surface area contributed by atoms with E-state index in [1.54, 1.807) is 7.11 Å². The summed E-state index contributed by atoms with van der Waals surface area (Å²) in [7, 11) is 1.70. The fraction of sp³-hybridized carbons (Fsp3) is 0.846. The maximum Gasteiger partial charge on any atom is 0.245 e. The van der Waals surface area contributed by atoms with Crippen molar-refractivity contribution < 1.29 is 14.3 Å². The molecule has 1 aliphatic carbocycles. The number of carbonyl (C=O) groups excluding carboxylic acids is 2. The van der Waals surface area contributed by atoms with Crippen molar-refractivity contribution in [1.29, 1.82) is 0 Å². The van der Waals surface area contributed by atoms with Crippen LogP contribution in [0.4, 0.5) is 0 Å². The third-order valence-electron chi connectivity index (χ3n) is 4.03. The number of amides is 2. The quantitative estimate of drug-likeness (QED) is 0.806. The molecule has 102 valence electrons. The van der Waals surface area contributed by atoms with Crippen LogP contribution in [0.1, 0.15) is 39.0 Å². The molecule has 3 unspecified atom stereocenters. The molecule has 0 radical (unpaired) electrons. The van der Waals surface area contributed by atoms with Crippen molar-refractivity contribution in [3.63, 3.8) is 0 Å². The molecular formula is C13H22N2O3. The van der Waals surface area contributed by atoms with Gasteiger partial charge in [-0.15, -0.1) is 0 Å². The lowest BCUT2D eigenvalue weighted by molar-refractivity contribution is -0.137. The van der Waals surface area contributed by atoms with Gasteiger partial charge in [-0.2, -0.15) is 0 Å². The molecule has 0 aromatic rings. The second-order valence-corrected chi connectivity index (χ2v) is 5.08. The summed E-state index contributed by atoms with van der Waals surface area (Å²) in [5, 5.41) is 2.79. The number of nitrogens with one attached hydrogen (secondary N) is 1. The Morgan fingerprint density at radius 1 is 1.39 bits per heavy atom. The molecule has 0 aromatic carbocycles. The van der Waals surface area contributed by atoms with Crippen LogP contribution in [0, 0.1) is 0 Å². The lowest BCUT2D eigenvalue weighted by Crippen LogP contribution is -2.50. The van der Waals surface area contributed by atoms with Crippen molar-refractivity contribution >= 4 is 11.8 Å². The summed E-state index contributed by atoms with van der Waals surface area (Å²) in [6, 6.07) is -0.220. The highest BCUT2D eigenvalue weighted by molar-refractivity contribution is 5.90. The molecule has 1 N–H and O–H groups in total. The van der Waals surface area contributed by atoms with E-state index < -0.39 is 0 Å². The van der Waals surface area contributed by atoms with Gasteiger partial charge in [-0.1, -0.05) is 6.92 Å². The molecule has 3 atom stereocenters. The van der Waals surface area contributed by atoms with Crippen LogP contribution in [-0.4, -0.2) is 48.6 Å². The van der Waals surface area contributed by atoms with Crippen molar-refractivity contribution in [3.05, 3.63) is 0 Å². The molecule has 0 aromatic heterocycles. The Morgan fingerprint density at radius 3 is 2.83 bits per heavy atom. The summed E-state index contributed by atoms with van der Waals surface area (Å²) >= 11 is 0. The molecule has 2 aliphatic rings. The van der Waals surface area contributed by atoms with Gasteiger partial charge in [0.05, 0.1) is 12.1 Å². The van der Waals surface area contributed by atoms with E-state index in [1.807, 2.05) is 11.8 Å². The first kappa shape index (κ1) is 13.3. The topological polar surface area (TPSA) is 58.6 Å². The van der Waals surface area contributed by atoms with E-state index in [-0.39, 0.29) is 30.0 Å². The van der Waals surface area contributed by atoms with Crippen LogP contribution in [0.3, 0.4) is 0 Å². The summed E-state index contributed by atoms with van der Waals surface area (Å²) < 4.78 is 5.46. The summed E-state index contributed by atoms with van der Waals surface area (Å²) in [6.45, 7) is 2.44.